The standard InChI is InChI=1S/C19H22N2O5/c1-12-9-14(22)10-13(2)21(12)8-4-5-18(23)20-17-7-6-15(26-3)11-16(17)19(24)25/h6-7,9-11H,4-5,8H2,1-3H3,(H,20,23)(H,24,25). The van der Waals surface area contributed by atoms with E-state index in [1.54, 1.807) is 18.2 Å². The molecular formula is C19H22N2O5. The lowest BCUT2D eigenvalue weighted by molar-refractivity contribution is -0.116. The van der Waals surface area contributed by atoms with Crippen LogP contribution in [0, 0.1) is 13.8 Å². The first kappa shape index (κ1) is 19.2. The Morgan fingerprint density at radius 2 is 1.81 bits per heavy atom. The summed E-state index contributed by atoms with van der Waals surface area (Å²) in [4.78, 5) is 34.9. The monoisotopic (exact) mass is 358 g/mol. The van der Waals surface area contributed by atoms with Crippen molar-refractivity contribution in [2.45, 2.75) is 33.2 Å². The van der Waals surface area contributed by atoms with Crippen molar-refractivity contribution in [3.63, 3.8) is 0 Å². The summed E-state index contributed by atoms with van der Waals surface area (Å²) >= 11 is 0. The van der Waals surface area contributed by atoms with Crippen LogP contribution in [0.4, 0.5) is 5.69 Å². The fraction of sp³-hybridized carbons (Fsp3) is 0.316. The number of aryl methyl sites for hydroxylation is 2. The molecule has 1 amide bonds. The zero-order valence-corrected chi connectivity index (χ0v) is 15.0. The molecule has 0 fully saturated rings. The van der Waals surface area contributed by atoms with E-state index < -0.39 is 5.97 Å². The summed E-state index contributed by atoms with van der Waals surface area (Å²) < 4.78 is 6.99. The molecule has 0 bridgehead atoms. The first-order chi connectivity index (χ1) is 12.3. The number of ether oxygens (including phenoxy) is 1. The van der Waals surface area contributed by atoms with Crippen LogP contribution in [0.5, 0.6) is 5.75 Å². The van der Waals surface area contributed by atoms with Gasteiger partial charge in [-0.2, -0.15) is 0 Å². The highest BCUT2D eigenvalue weighted by atomic mass is 16.5. The van der Waals surface area contributed by atoms with E-state index in [-0.39, 0.29) is 29.0 Å². The number of rotatable bonds is 7. The second-order valence-corrected chi connectivity index (χ2v) is 5.99. The van der Waals surface area contributed by atoms with E-state index in [9.17, 15) is 19.5 Å². The predicted molar refractivity (Wildman–Crippen MR) is 98.0 cm³/mol. The topological polar surface area (TPSA) is 97.6 Å². The molecule has 0 aliphatic heterocycles. The average molecular weight is 358 g/mol. The minimum atomic E-state index is -1.14. The van der Waals surface area contributed by atoms with Gasteiger partial charge >= 0.3 is 5.97 Å². The average Bonchev–Trinajstić information content (AvgIpc) is 2.57. The van der Waals surface area contributed by atoms with Crippen LogP contribution in [-0.2, 0) is 11.3 Å². The van der Waals surface area contributed by atoms with Crippen LogP contribution < -0.4 is 15.5 Å². The summed E-state index contributed by atoms with van der Waals surface area (Å²) in [6.45, 7) is 4.30. The molecule has 26 heavy (non-hydrogen) atoms. The van der Waals surface area contributed by atoms with Gasteiger partial charge in [-0.3, -0.25) is 9.59 Å². The Hall–Kier alpha value is -3.09. The van der Waals surface area contributed by atoms with Crippen LogP contribution >= 0.6 is 0 Å². The van der Waals surface area contributed by atoms with Gasteiger partial charge in [0, 0.05) is 36.5 Å². The van der Waals surface area contributed by atoms with Crippen molar-refractivity contribution in [3.05, 3.63) is 57.5 Å². The summed E-state index contributed by atoms with van der Waals surface area (Å²) in [5.41, 5.74) is 1.87. The van der Waals surface area contributed by atoms with Gasteiger partial charge in [-0.25, -0.2) is 4.79 Å². The maximum absolute atomic E-state index is 12.2. The molecule has 2 N–H and O–H groups in total. The van der Waals surface area contributed by atoms with Crippen LogP contribution in [0.25, 0.3) is 0 Å². The minimum absolute atomic E-state index is 0.0233. The highest BCUT2D eigenvalue weighted by molar-refractivity contribution is 6.00. The number of aromatic carboxylic acids is 1. The Morgan fingerprint density at radius 3 is 2.38 bits per heavy atom. The molecule has 1 heterocycles. The largest absolute Gasteiger partial charge is 0.497 e. The van der Waals surface area contributed by atoms with E-state index in [4.69, 9.17) is 4.74 Å². The number of nitrogens with one attached hydrogen (secondary N) is 1. The minimum Gasteiger partial charge on any atom is -0.497 e. The number of amides is 1. The van der Waals surface area contributed by atoms with Crippen LogP contribution in [0.2, 0.25) is 0 Å². The molecule has 0 spiro atoms. The van der Waals surface area contributed by atoms with Gasteiger partial charge in [0.2, 0.25) is 5.91 Å². The zero-order chi connectivity index (χ0) is 19.3. The third-order valence-electron chi connectivity index (χ3n) is 4.07. The first-order valence-corrected chi connectivity index (χ1v) is 8.21. The van der Waals surface area contributed by atoms with Crippen molar-refractivity contribution < 1.29 is 19.4 Å². The summed E-state index contributed by atoms with van der Waals surface area (Å²) in [5, 5.41) is 11.9. The fourth-order valence-electron chi connectivity index (χ4n) is 2.79. The molecule has 0 aliphatic carbocycles. The lowest BCUT2D eigenvalue weighted by Gasteiger charge is -2.14. The van der Waals surface area contributed by atoms with E-state index in [2.05, 4.69) is 5.32 Å². The van der Waals surface area contributed by atoms with Crippen LogP contribution in [0.3, 0.4) is 0 Å². The maximum Gasteiger partial charge on any atom is 0.337 e. The Labute approximate surface area is 151 Å². The molecule has 0 unspecified atom stereocenters. The summed E-state index contributed by atoms with van der Waals surface area (Å²) in [5.74, 6) is -1.00. The molecule has 0 saturated heterocycles. The fourth-order valence-corrected chi connectivity index (χ4v) is 2.79. The molecule has 2 aromatic rings. The van der Waals surface area contributed by atoms with Crippen molar-refractivity contribution in [1.82, 2.24) is 4.57 Å². The van der Waals surface area contributed by atoms with Crippen molar-refractivity contribution in [3.8, 4) is 5.75 Å². The third kappa shape index (κ3) is 4.72. The number of carboxylic acids is 1. The molecule has 1 aromatic carbocycles. The SMILES string of the molecule is COc1ccc(NC(=O)CCCn2c(C)cc(=O)cc2C)c(C(=O)O)c1. The van der Waals surface area contributed by atoms with E-state index in [1.807, 2.05) is 18.4 Å². The number of hydrogen-bond acceptors (Lipinski definition) is 4. The maximum atomic E-state index is 12.2. The lowest BCUT2D eigenvalue weighted by atomic mass is 10.1. The Kier molecular flexibility index (Phi) is 6.16. The second-order valence-electron chi connectivity index (χ2n) is 5.99. The third-order valence-corrected chi connectivity index (χ3v) is 4.07. The zero-order valence-electron chi connectivity index (χ0n) is 15.0. The molecule has 7 nitrogen and oxygen atoms in total. The molecule has 1 aromatic heterocycles. The van der Waals surface area contributed by atoms with E-state index in [1.165, 1.54) is 19.2 Å². The van der Waals surface area contributed by atoms with Gasteiger partial charge in [0.15, 0.2) is 5.43 Å². The number of carboxylic acid groups (broad SMARTS) is 1. The molecule has 0 aliphatic rings. The number of aromatic nitrogens is 1. The molecule has 2 rings (SSSR count). The van der Waals surface area contributed by atoms with Gasteiger partial charge in [-0.15, -0.1) is 0 Å². The number of anilines is 1. The smallest absolute Gasteiger partial charge is 0.337 e. The first-order valence-electron chi connectivity index (χ1n) is 8.21. The van der Waals surface area contributed by atoms with Gasteiger partial charge in [0.05, 0.1) is 18.4 Å². The molecule has 7 heteroatoms. The number of carbonyl (C=O) groups is 2. The highest BCUT2D eigenvalue weighted by Gasteiger charge is 2.14. The number of hydrogen-bond donors (Lipinski definition) is 2. The summed E-state index contributed by atoms with van der Waals surface area (Å²) in [6.07, 6.45) is 0.797. The van der Waals surface area contributed by atoms with Crippen molar-refractivity contribution in [2.75, 3.05) is 12.4 Å². The molecule has 0 radical (unpaired) electrons. The Balaban J connectivity index is 2.00. The normalized spacial score (nSPS) is 10.4. The number of carbonyl (C=O) groups excluding carboxylic acids is 1. The number of benzene rings is 1. The Bertz CT molecular complexity index is 860. The number of methoxy groups -OCH3 is 1. The quantitative estimate of drug-likeness (QED) is 0.793. The van der Waals surface area contributed by atoms with Crippen molar-refractivity contribution in [2.24, 2.45) is 0 Å². The second kappa shape index (κ2) is 8.33. The van der Waals surface area contributed by atoms with Crippen LogP contribution in [0.15, 0.2) is 35.1 Å². The van der Waals surface area contributed by atoms with E-state index >= 15 is 0 Å². The summed E-state index contributed by atoms with van der Waals surface area (Å²) in [6, 6.07) is 7.59. The van der Waals surface area contributed by atoms with Crippen molar-refractivity contribution in [1.29, 1.82) is 0 Å². The molecule has 0 atom stereocenters. The van der Waals surface area contributed by atoms with Crippen molar-refractivity contribution >= 4 is 17.6 Å². The van der Waals surface area contributed by atoms with Gasteiger partial charge in [-0.05, 0) is 38.5 Å². The lowest BCUT2D eigenvalue weighted by Crippen LogP contribution is -2.17. The van der Waals surface area contributed by atoms with Gasteiger partial charge in [-0.1, -0.05) is 0 Å². The summed E-state index contributed by atoms with van der Waals surface area (Å²) in [7, 11) is 1.44. The van der Waals surface area contributed by atoms with Gasteiger partial charge in [0.1, 0.15) is 5.75 Å². The van der Waals surface area contributed by atoms with E-state index in [0.29, 0.717) is 18.7 Å². The highest BCUT2D eigenvalue weighted by Crippen LogP contribution is 2.22. The van der Waals surface area contributed by atoms with E-state index in [0.717, 1.165) is 11.4 Å². The van der Waals surface area contributed by atoms with Gasteiger partial charge in [0.25, 0.3) is 0 Å². The predicted octanol–water partition coefficient (Wildman–Crippen LogP) is 2.59. The van der Waals surface area contributed by atoms with Gasteiger partial charge < -0.3 is 19.7 Å². The molecule has 138 valence electrons. The number of pyridine rings is 1. The number of nitrogens with zero attached hydrogens (tertiary/aromatic N) is 1. The van der Waals surface area contributed by atoms with Crippen LogP contribution in [-0.4, -0.2) is 28.7 Å². The Morgan fingerprint density at radius 1 is 1.15 bits per heavy atom. The molecular weight excluding hydrogens is 336 g/mol. The van der Waals surface area contributed by atoms with Crippen LogP contribution in [0.1, 0.15) is 34.6 Å². The molecule has 0 saturated carbocycles.